The summed E-state index contributed by atoms with van der Waals surface area (Å²) in [5.41, 5.74) is 5.47. The lowest BCUT2D eigenvalue weighted by Gasteiger charge is -2.28. The first-order chi connectivity index (χ1) is 18.9. The third-order valence-corrected chi connectivity index (χ3v) is 7.49. The molecule has 1 aliphatic heterocycles. The molecule has 2 N–H and O–H groups in total. The Morgan fingerprint density at radius 3 is 2.64 bits per heavy atom. The molecular weight excluding hydrogens is 492 g/mol. The van der Waals surface area contributed by atoms with Crippen molar-refractivity contribution in [2.75, 3.05) is 26.1 Å². The van der Waals surface area contributed by atoms with Crippen LogP contribution in [0, 0.1) is 13.8 Å². The molecule has 0 bridgehead atoms. The smallest absolute Gasteiger partial charge is 0.320 e. The minimum Gasteiger partial charge on any atom is -0.385 e. The predicted molar refractivity (Wildman–Crippen MR) is 151 cm³/mol. The molecule has 0 spiro atoms. The number of nitrogens with one attached hydrogen (secondary N) is 2. The van der Waals surface area contributed by atoms with Gasteiger partial charge in [-0.25, -0.2) is 9.48 Å². The van der Waals surface area contributed by atoms with Crippen LogP contribution in [-0.4, -0.2) is 68.3 Å². The predicted octanol–water partition coefficient (Wildman–Crippen LogP) is 4.26. The van der Waals surface area contributed by atoms with Crippen molar-refractivity contribution in [1.29, 1.82) is 0 Å². The van der Waals surface area contributed by atoms with Crippen molar-refractivity contribution < 1.29 is 9.53 Å². The summed E-state index contributed by atoms with van der Waals surface area (Å²) in [6, 6.07) is 13.9. The Hall–Kier alpha value is -4.02. The Bertz CT molecular complexity index is 1430. The van der Waals surface area contributed by atoms with Crippen molar-refractivity contribution in [2.45, 2.75) is 44.8 Å². The Labute approximate surface area is 229 Å². The number of aryl methyl sites for hydroxylation is 2. The van der Waals surface area contributed by atoms with Crippen LogP contribution in [0.25, 0.3) is 16.9 Å². The van der Waals surface area contributed by atoms with E-state index in [0.717, 1.165) is 46.6 Å². The maximum atomic E-state index is 13.6. The Kier molecular flexibility index (Phi) is 7.76. The van der Waals surface area contributed by atoms with Gasteiger partial charge in [-0.15, -0.1) is 0 Å². The number of hydrogen-bond acceptors (Lipinski definition) is 6. The zero-order valence-electron chi connectivity index (χ0n) is 23.1. The van der Waals surface area contributed by atoms with Gasteiger partial charge in [0.05, 0.1) is 24.0 Å². The summed E-state index contributed by atoms with van der Waals surface area (Å²) in [4.78, 5) is 20.3. The van der Waals surface area contributed by atoms with Crippen LogP contribution in [0.1, 0.15) is 35.7 Å². The van der Waals surface area contributed by atoms with Crippen LogP contribution in [-0.2, 0) is 11.8 Å². The van der Waals surface area contributed by atoms with Crippen molar-refractivity contribution in [3.8, 4) is 16.9 Å². The number of aromatic nitrogens is 5. The van der Waals surface area contributed by atoms with Gasteiger partial charge in [0, 0.05) is 56.0 Å². The number of likely N-dealkylation sites (tertiary alicyclic amines) is 1. The van der Waals surface area contributed by atoms with Crippen LogP contribution in [0.2, 0.25) is 0 Å². The van der Waals surface area contributed by atoms with E-state index in [9.17, 15) is 4.79 Å². The van der Waals surface area contributed by atoms with Gasteiger partial charge in [0.15, 0.2) is 0 Å². The lowest BCUT2D eigenvalue weighted by Crippen LogP contribution is -2.41. The molecule has 5 rings (SSSR count). The van der Waals surface area contributed by atoms with Gasteiger partial charge in [0.25, 0.3) is 0 Å². The molecule has 39 heavy (non-hydrogen) atoms. The largest absolute Gasteiger partial charge is 0.385 e. The minimum absolute atomic E-state index is 0.0189. The van der Waals surface area contributed by atoms with E-state index >= 15 is 0 Å². The molecule has 2 amide bonds. The molecule has 3 atom stereocenters. The number of para-hydroxylation sites is 1. The normalized spacial score (nSPS) is 19.4. The molecule has 0 radical (unpaired) electrons. The van der Waals surface area contributed by atoms with E-state index in [-0.39, 0.29) is 24.2 Å². The third kappa shape index (κ3) is 5.57. The molecule has 0 saturated carbocycles. The van der Waals surface area contributed by atoms with Gasteiger partial charge >= 0.3 is 6.03 Å². The monoisotopic (exact) mass is 528 g/mol. The number of carbonyl (C=O) groups excluding carboxylic acids is 1. The molecule has 1 saturated heterocycles. The van der Waals surface area contributed by atoms with E-state index in [0.29, 0.717) is 12.4 Å². The molecule has 1 aromatic carbocycles. The number of amides is 2. The quantitative estimate of drug-likeness (QED) is 0.354. The fourth-order valence-corrected chi connectivity index (χ4v) is 5.56. The summed E-state index contributed by atoms with van der Waals surface area (Å²) in [6.45, 7) is 4.63. The molecule has 4 aromatic rings. The molecule has 0 unspecified atom stereocenters. The van der Waals surface area contributed by atoms with Crippen molar-refractivity contribution in [3.05, 3.63) is 77.9 Å². The second kappa shape index (κ2) is 11.4. The standard InChI is InChI=1S/C29H36N8O2/c1-19-15-21(11-13-30-19)27-25(16-24(36(27)4)12-14-39-5)32-29(38)33-28-20(2)26(22-17-31-35(3)18-22)34-37(28)23-9-7-6-8-10-23/h6-11,13,15,17-18,24-25,27H,12,14,16H2,1-5H3,(H2,32,33,38)/t24-,25-,27+/m1/s1. The Morgan fingerprint density at radius 1 is 1.15 bits per heavy atom. The molecule has 10 nitrogen and oxygen atoms in total. The summed E-state index contributed by atoms with van der Waals surface area (Å²) < 4.78 is 8.89. The maximum absolute atomic E-state index is 13.6. The van der Waals surface area contributed by atoms with E-state index in [1.54, 1.807) is 22.7 Å². The van der Waals surface area contributed by atoms with Gasteiger partial charge in [-0.2, -0.15) is 10.2 Å². The number of anilines is 1. The second-order valence-corrected chi connectivity index (χ2v) is 10.2. The number of carbonyl (C=O) groups is 1. The lowest BCUT2D eigenvalue weighted by molar-refractivity contribution is 0.150. The summed E-state index contributed by atoms with van der Waals surface area (Å²) in [6.07, 6.45) is 7.24. The van der Waals surface area contributed by atoms with Crippen LogP contribution in [0.3, 0.4) is 0 Å². The molecule has 204 valence electrons. The first-order valence-corrected chi connectivity index (χ1v) is 13.2. The maximum Gasteiger partial charge on any atom is 0.320 e. The number of likely N-dealkylation sites (N-methyl/N-ethyl adjacent to an activating group) is 1. The van der Waals surface area contributed by atoms with Crippen LogP contribution in [0.4, 0.5) is 10.6 Å². The first-order valence-electron chi connectivity index (χ1n) is 13.2. The van der Waals surface area contributed by atoms with Crippen molar-refractivity contribution >= 4 is 11.8 Å². The zero-order chi connectivity index (χ0) is 27.5. The third-order valence-electron chi connectivity index (χ3n) is 7.49. The summed E-state index contributed by atoms with van der Waals surface area (Å²) in [7, 11) is 5.72. The van der Waals surface area contributed by atoms with Crippen LogP contribution >= 0.6 is 0 Å². The van der Waals surface area contributed by atoms with Gasteiger partial charge in [-0.05, 0) is 63.6 Å². The number of rotatable bonds is 8. The number of methoxy groups -OCH3 is 1. The Morgan fingerprint density at radius 2 is 1.95 bits per heavy atom. The van der Waals surface area contributed by atoms with E-state index < -0.39 is 0 Å². The van der Waals surface area contributed by atoms with Gasteiger partial charge < -0.3 is 10.1 Å². The van der Waals surface area contributed by atoms with Gasteiger partial charge in [0.2, 0.25) is 0 Å². The van der Waals surface area contributed by atoms with Crippen LogP contribution in [0.5, 0.6) is 0 Å². The average molecular weight is 529 g/mol. The fraction of sp³-hybridized carbons (Fsp3) is 0.379. The highest BCUT2D eigenvalue weighted by atomic mass is 16.5. The minimum atomic E-state index is -0.269. The zero-order valence-corrected chi connectivity index (χ0v) is 23.1. The summed E-state index contributed by atoms with van der Waals surface area (Å²) in [5.74, 6) is 0.621. The van der Waals surface area contributed by atoms with Crippen LogP contribution < -0.4 is 10.6 Å². The number of ether oxygens (including phenoxy) is 1. The number of hydrogen-bond donors (Lipinski definition) is 2. The Balaban J connectivity index is 1.43. The van der Waals surface area contributed by atoms with E-state index in [1.807, 2.05) is 69.7 Å². The topological polar surface area (TPSA) is 102 Å². The summed E-state index contributed by atoms with van der Waals surface area (Å²) in [5, 5.41) is 15.6. The highest BCUT2D eigenvalue weighted by Gasteiger charge is 2.40. The summed E-state index contributed by atoms with van der Waals surface area (Å²) >= 11 is 0. The van der Waals surface area contributed by atoms with Crippen molar-refractivity contribution in [1.82, 2.24) is 34.8 Å². The van der Waals surface area contributed by atoms with Gasteiger partial charge in [-0.1, -0.05) is 18.2 Å². The average Bonchev–Trinajstić information content (AvgIpc) is 3.58. The molecule has 1 fully saturated rings. The highest BCUT2D eigenvalue weighted by molar-refractivity contribution is 5.91. The van der Waals surface area contributed by atoms with E-state index in [4.69, 9.17) is 9.84 Å². The number of pyridine rings is 1. The number of nitrogens with zero attached hydrogens (tertiary/aromatic N) is 6. The molecule has 10 heteroatoms. The highest BCUT2D eigenvalue weighted by Crippen LogP contribution is 2.37. The lowest BCUT2D eigenvalue weighted by atomic mass is 10.00. The fourth-order valence-electron chi connectivity index (χ4n) is 5.56. The first kappa shape index (κ1) is 26.6. The molecule has 3 aromatic heterocycles. The van der Waals surface area contributed by atoms with Gasteiger partial charge in [-0.3, -0.25) is 19.9 Å². The van der Waals surface area contributed by atoms with Crippen molar-refractivity contribution in [2.24, 2.45) is 7.05 Å². The molecule has 0 aliphatic carbocycles. The molecular formula is C29H36N8O2. The second-order valence-electron chi connectivity index (χ2n) is 10.2. The SMILES string of the molecule is COCC[C@@H]1C[C@@H](NC(=O)Nc2c(C)c(-c3cnn(C)c3)nn2-c2ccccc2)[C@H](c2ccnc(C)c2)N1C. The molecule has 1 aliphatic rings. The van der Waals surface area contributed by atoms with Gasteiger partial charge in [0.1, 0.15) is 11.5 Å². The van der Waals surface area contributed by atoms with E-state index in [2.05, 4.69) is 38.7 Å². The number of benzene rings is 1. The number of urea groups is 1. The van der Waals surface area contributed by atoms with E-state index in [1.165, 1.54) is 0 Å². The molecule has 4 heterocycles. The van der Waals surface area contributed by atoms with Crippen molar-refractivity contribution in [3.63, 3.8) is 0 Å². The van der Waals surface area contributed by atoms with Crippen LogP contribution in [0.15, 0.2) is 61.1 Å².